The van der Waals surface area contributed by atoms with Crippen LogP contribution in [0.25, 0.3) is 0 Å². The van der Waals surface area contributed by atoms with Gasteiger partial charge in [0.2, 0.25) is 0 Å². The molecule has 1 aromatic carbocycles. The highest BCUT2D eigenvalue weighted by Crippen LogP contribution is 2.39. The molecular formula is C10H11ClFN. The van der Waals surface area contributed by atoms with E-state index in [1.165, 1.54) is 0 Å². The van der Waals surface area contributed by atoms with Crippen LogP contribution in [0.5, 0.6) is 0 Å². The number of halogens is 2. The first-order valence-corrected chi connectivity index (χ1v) is 4.62. The van der Waals surface area contributed by atoms with Crippen LogP contribution in [0.1, 0.15) is 19.4 Å². The van der Waals surface area contributed by atoms with Crippen molar-refractivity contribution in [3.05, 3.63) is 28.5 Å². The summed E-state index contributed by atoms with van der Waals surface area (Å²) in [4.78, 5) is 0. The van der Waals surface area contributed by atoms with E-state index in [1.54, 1.807) is 6.07 Å². The molecule has 0 radical (unpaired) electrons. The van der Waals surface area contributed by atoms with Crippen LogP contribution in [0.15, 0.2) is 12.1 Å². The van der Waals surface area contributed by atoms with E-state index in [1.807, 2.05) is 6.07 Å². The average Bonchev–Trinajstić information content (AvgIpc) is 2.35. The van der Waals surface area contributed by atoms with Gasteiger partial charge in [-0.1, -0.05) is 31.5 Å². The van der Waals surface area contributed by atoms with Gasteiger partial charge in [-0.3, -0.25) is 0 Å². The lowest BCUT2D eigenvalue weighted by atomic mass is 9.87. The third kappa shape index (κ3) is 1.20. The Kier molecular flexibility index (Phi) is 1.77. The molecule has 1 N–H and O–H groups in total. The van der Waals surface area contributed by atoms with E-state index >= 15 is 0 Å². The van der Waals surface area contributed by atoms with Crippen molar-refractivity contribution in [2.24, 2.45) is 0 Å². The Morgan fingerprint density at radius 3 is 2.85 bits per heavy atom. The Labute approximate surface area is 81.9 Å². The molecule has 70 valence electrons. The Morgan fingerprint density at radius 1 is 1.46 bits per heavy atom. The third-order valence-electron chi connectivity index (χ3n) is 2.53. The van der Waals surface area contributed by atoms with E-state index in [0.717, 1.165) is 12.1 Å². The summed E-state index contributed by atoms with van der Waals surface area (Å²) in [5, 5.41) is 3.22. The second-order valence-corrected chi connectivity index (χ2v) is 4.43. The van der Waals surface area contributed by atoms with Gasteiger partial charge < -0.3 is 5.32 Å². The van der Waals surface area contributed by atoms with Gasteiger partial charge in [-0.25, -0.2) is 4.39 Å². The van der Waals surface area contributed by atoms with Crippen molar-refractivity contribution in [3.63, 3.8) is 0 Å². The predicted molar refractivity (Wildman–Crippen MR) is 52.9 cm³/mol. The second kappa shape index (κ2) is 2.61. The molecule has 0 fully saturated rings. The van der Waals surface area contributed by atoms with Crippen molar-refractivity contribution in [1.82, 2.24) is 0 Å². The lowest BCUT2D eigenvalue weighted by Crippen LogP contribution is -2.18. The molecule has 1 nitrogen and oxygen atoms in total. The Hall–Kier alpha value is -0.760. The summed E-state index contributed by atoms with van der Waals surface area (Å²) in [5.41, 5.74) is 1.58. The first-order valence-electron chi connectivity index (χ1n) is 4.25. The Bertz CT molecular complexity index is 360. The molecule has 1 aliphatic heterocycles. The molecule has 0 amide bonds. The minimum Gasteiger partial charge on any atom is -0.382 e. The maximum absolute atomic E-state index is 13.5. The SMILES string of the molecule is CC1(C)CNc2c1ccc(Cl)c2F. The number of anilines is 1. The van der Waals surface area contributed by atoms with Gasteiger partial charge in [0.15, 0.2) is 5.82 Å². The van der Waals surface area contributed by atoms with Crippen LogP contribution in [0.4, 0.5) is 10.1 Å². The fourth-order valence-corrected chi connectivity index (χ4v) is 1.85. The number of hydrogen-bond acceptors (Lipinski definition) is 1. The fourth-order valence-electron chi connectivity index (χ4n) is 1.69. The van der Waals surface area contributed by atoms with Crippen molar-refractivity contribution in [1.29, 1.82) is 0 Å². The highest BCUT2D eigenvalue weighted by atomic mass is 35.5. The van der Waals surface area contributed by atoms with Gasteiger partial charge >= 0.3 is 0 Å². The predicted octanol–water partition coefficient (Wildman–Crippen LogP) is 3.18. The third-order valence-corrected chi connectivity index (χ3v) is 2.82. The fraction of sp³-hybridized carbons (Fsp3) is 0.400. The summed E-state index contributed by atoms with van der Waals surface area (Å²) >= 11 is 5.67. The molecule has 2 rings (SSSR count). The van der Waals surface area contributed by atoms with Crippen LogP contribution in [0.2, 0.25) is 5.02 Å². The van der Waals surface area contributed by atoms with Crippen LogP contribution in [0.3, 0.4) is 0 Å². The van der Waals surface area contributed by atoms with Crippen LogP contribution >= 0.6 is 11.6 Å². The minimum absolute atomic E-state index is 0.000756. The van der Waals surface area contributed by atoms with Gasteiger partial charge in [-0.05, 0) is 11.6 Å². The summed E-state index contributed by atoms with van der Waals surface area (Å²) < 4.78 is 13.5. The number of rotatable bonds is 0. The molecular weight excluding hydrogens is 189 g/mol. The van der Waals surface area contributed by atoms with Gasteiger partial charge in [-0.2, -0.15) is 0 Å². The summed E-state index contributed by atoms with van der Waals surface area (Å²) in [6.07, 6.45) is 0. The number of nitrogens with one attached hydrogen (secondary N) is 1. The van der Waals surface area contributed by atoms with Crippen LogP contribution < -0.4 is 5.32 Å². The minimum atomic E-state index is -0.329. The molecule has 0 saturated carbocycles. The molecule has 0 saturated heterocycles. The molecule has 0 aromatic heterocycles. The number of benzene rings is 1. The van der Waals surface area contributed by atoms with Crippen LogP contribution in [-0.4, -0.2) is 6.54 Å². The van der Waals surface area contributed by atoms with Crippen molar-refractivity contribution < 1.29 is 4.39 Å². The van der Waals surface area contributed by atoms with E-state index < -0.39 is 0 Å². The largest absolute Gasteiger partial charge is 0.382 e. The van der Waals surface area contributed by atoms with Crippen LogP contribution in [0, 0.1) is 5.82 Å². The second-order valence-electron chi connectivity index (χ2n) is 4.02. The Morgan fingerprint density at radius 2 is 2.15 bits per heavy atom. The standard InChI is InChI=1S/C10H11ClFN/c1-10(2)5-13-9-6(10)3-4-7(11)8(9)12/h3-4,13H,5H2,1-2H3. The molecule has 0 atom stereocenters. The van der Waals surface area contributed by atoms with Crippen molar-refractivity contribution in [2.75, 3.05) is 11.9 Å². The highest BCUT2D eigenvalue weighted by molar-refractivity contribution is 6.31. The molecule has 1 aliphatic rings. The maximum atomic E-state index is 13.5. The summed E-state index contributed by atoms with van der Waals surface area (Å²) in [6.45, 7) is 4.93. The van der Waals surface area contributed by atoms with E-state index in [9.17, 15) is 4.39 Å². The molecule has 13 heavy (non-hydrogen) atoms. The van der Waals surface area contributed by atoms with E-state index in [0.29, 0.717) is 5.69 Å². The van der Waals surface area contributed by atoms with E-state index in [4.69, 9.17) is 11.6 Å². The van der Waals surface area contributed by atoms with Gasteiger partial charge in [0.1, 0.15) is 0 Å². The molecule has 0 spiro atoms. The molecule has 0 unspecified atom stereocenters. The van der Waals surface area contributed by atoms with Crippen molar-refractivity contribution in [3.8, 4) is 0 Å². The van der Waals surface area contributed by atoms with Gasteiger partial charge in [0.05, 0.1) is 10.7 Å². The van der Waals surface area contributed by atoms with E-state index in [-0.39, 0.29) is 16.3 Å². The topological polar surface area (TPSA) is 12.0 Å². The Balaban J connectivity index is 2.64. The van der Waals surface area contributed by atoms with Crippen molar-refractivity contribution in [2.45, 2.75) is 19.3 Å². The zero-order valence-corrected chi connectivity index (χ0v) is 8.37. The van der Waals surface area contributed by atoms with Gasteiger partial charge in [0, 0.05) is 12.0 Å². The van der Waals surface area contributed by atoms with Crippen LogP contribution in [-0.2, 0) is 5.41 Å². The smallest absolute Gasteiger partial charge is 0.165 e. The maximum Gasteiger partial charge on any atom is 0.165 e. The molecule has 1 aromatic rings. The molecule has 0 aliphatic carbocycles. The molecule has 3 heteroatoms. The monoisotopic (exact) mass is 199 g/mol. The normalized spacial score (nSPS) is 18.2. The summed E-state index contributed by atoms with van der Waals surface area (Å²) in [6, 6.07) is 3.51. The lowest BCUT2D eigenvalue weighted by Gasteiger charge is -2.16. The molecule has 0 bridgehead atoms. The summed E-state index contributed by atoms with van der Waals surface area (Å²) in [5.74, 6) is -0.329. The highest BCUT2D eigenvalue weighted by Gasteiger charge is 2.32. The first kappa shape index (κ1) is 8.82. The van der Waals surface area contributed by atoms with Crippen molar-refractivity contribution >= 4 is 17.3 Å². The summed E-state index contributed by atoms with van der Waals surface area (Å²) in [7, 11) is 0. The zero-order valence-electron chi connectivity index (χ0n) is 7.62. The first-order chi connectivity index (χ1) is 6.02. The lowest BCUT2D eigenvalue weighted by molar-refractivity contribution is 0.584. The number of fused-ring (bicyclic) bond motifs is 1. The van der Waals surface area contributed by atoms with Gasteiger partial charge in [0.25, 0.3) is 0 Å². The van der Waals surface area contributed by atoms with E-state index in [2.05, 4.69) is 19.2 Å². The number of hydrogen-bond donors (Lipinski definition) is 1. The molecule has 1 heterocycles. The van der Waals surface area contributed by atoms with Gasteiger partial charge in [-0.15, -0.1) is 0 Å². The zero-order chi connectivity index (χ0) is 9.64. The average molecular weight is 200 g/mol. The quantitative estimate of drug-likeness (QED) is 0.677.